The van der Waals surface area contributed by atoms with Crippen molar-refractivity contribution in [1.82, 2.24) is 0 Å². The lowest BCUT2D eigenvalue weighted by Gasteiger charge is -2.24. The third kappa shape index (κ3) is 5.82. The van der Waals surface area contributed by atoms with E-state index in [9.17, 15) is 14.4 Å². The van der Waals surface area contributed by atoms with E-state index < -0.39 is 42.3 Å². The van der Waals surface area contributed by atoms with Crippen LogP contribution in [0.25, 0.3) is 0 Å². The molecule has 0 amide bonds. The molecule has 5 rings (SSSR count). The topological polar surface area (TPSA) is 88.1 Å². The van der Waals surface area contributed by atoms with Crippen molar-refractivity contribution in [2.45, 2.75) is 24.4 Å². The van der Waals surface area contributed by atoms with Crippen LogP contribution in [0.15, 0.2) is 109 Å². The van der Waals surface area contributed by atoms with Crippen molar-refractivity contribution in [3.8, 4) is 0 Å². The molecule has 7 nitrogen and oxygen atoms in total. The first-order valence-electron chi connectivity index (χ1n) is 12.0. The second-order valence-electron chi connectivity index (χ2n) is 8.55. The molecule has 1 aliphatic heterocycles. The molecule has 0 aliphatic carbocycles. The van der Waals surface area contributed by atoms with E-state index in [1.165, 1.54) is 11.3 Å². The number of benzene rings is 3. The molecule has 2 heterocycles. The van der Waals surface area contributed by atoms with Crippen molar-refractivity contribution in [3.63, 3.8) is 0 Å². The van der Waals surface area contributed by atoms with Crippen molar-refractivity contribution in [2.24, 2.45) is 0 Å². The molecule has 1 aliphatic rings. The van der Waals surface area contributed by atoms with Crippen LogP contribution in [0.4, 0.5) is 0 Å². The van der Waals surface area contributed by atoms with Gasteiger partial charge in [0.1, 0.15) is 18.8 Å². The summed E-state index contributed by atoms with van der Waals surface area (Å²) >= 11 is 1.42. The van der Waals surface area contributed by atoms with Crippen molar-refractivity contribution in [1.29, 1.82) is 0 Å². The van der Waals surface area contributed by atoms with Crippen molar-refractivity contribution in [2.75, 3.05) is 6.61 Å². The summed E-state index contributed by atoms with van der Waals surface area (Å²) in [5, 5.41) is 1.88. The summed E-state index contributed by atoms with van der Waals surface area (Å²) in [7, 11) is 0. The van der Waals surface area contributed by atoms with Crippen molar-refractivity contribution in [3.05, 3.63) is 130 Å². The largest absolute Gasteiger partial charge is 0.459 e. The predicted molar refractivity (Wildman–Crippen MR) is 140 cm³/mol. The highest BCUT2D eigenvalue weighted by molar-refractivity contribution is 7.10. The molecular weight excluding hydrogens is 504 g/mol. The maximum absolute atomic E-state index is 13.1. The van der Waals surface area contributed by atoms with Crippen LogP contribution in [0.3, 0.4) is 0 Å². The number of esters is 3. The molecule has 4 atom stereocenters. The summed E-state index contributed by atoms with van der Waals surface area (Å²) in [6.07, 6.45) is -3.62. The molecule has 0 unspecified atom stereocenters. The minimum absolute atomic E-state index is 0.207. The second kappa shape index (κ2) is 11.9. The first-order chi connectivity index (χ1) is 18.6. The molecule has 38 heavy (non-hydrogen) atoms. The van der Waals surface area contributed by atoms with E-state index in [0.29, 0.717) is 16.7 Å². The van der Waals surface area contributed by atoms with Gasteiger partial charge in [-0.05, 0) is 47.8 Å². The maximum atomic E-state index is 13.1. The van der Waals surface area contributed by atoms with Crippen LogP contribution in [0.2, 0.25) is 0 Å². The quantitative estimate of drug-likeness (QED) is 0.221. The molecule has 0 radical (unpaired) electrons. The van der Waals surface area contributed by atoms with Gasteiger partial charge in [-0.1, -0.05) is 60.7 Å². The zero-order valence-electron chi connectivity index (χ0n) is 20.2. The van der Waals surface area contributed by atoms with Crippen molar-refractivity contribution < 1.29 is 33.3 Å². The zero-order valence-corrected chi connectivity index (χ0v) is 21.0. The van der Waals surface area contributed by atoms with Gasteiger partial charge in [0, 0.05) is 4.88 Å². The summed E-state index contributed by atoms with van der Waals surface area (Å²) in [6.45, 7) is -0.207. The van der Waals surface area contributed by atoms with Crippen LogP contribution < -0.4 is 0 Å². The smallest absolute Gasteiger partial charge is 0.338 e. The molecule has 8 heteroatoms. The highest BCUT2D eigenvalue weighted by Crippen LogP contribution is 2.40. The molecule has 0 bridgehead atoms. The van der Waals surface area contributed by atoms with Crippen LogP contribution in [0.1, 0.15) is 42.1 Å². The first kappa shape index (κ1) is 25.4. The SMILES string of the molecule is O=C(OC[C@H]1O[C@H](c2cccs2)[C@H](OC(=O)c2ccccc2)[C@@H]1OC(=O)c1ccccc1)c1ccccc1. The average molecular weight is 529 g/mol. The Bertz CT molecular complexity index is 1360. The normalized spacial score (nSPS) is 20.4. The van der Waals surface area contributed by atoms with Crippen LogP contribution in [-0.4, -0.2) is 42.8 Å². The Morgan fingerprint density at radius 1 is 0.632 bits per heavy atom. The molecule has 192 valence electrons. The number of hydrogen-bond donors (Lipinski definition) is 0. The molecule has 0 spiro atoms. The fourth-order valence-corrected chi connectivity index (χ4v) is 4.96. The van der Waals surface area contributed by atoms with E-state index in [-0.39, 0.29) is 6.61 Å². The fraction of sp³-hybridized carbons (Fsp3) is 0.167. The second-order valence-corrected chi connectivity index (χ2v) is 9.53. The Morgan fingerprint density at radius 3 is 1.63 bits per heavy atom. The van der Waals surface area contributed by atoms with E-state index in [1.54, 1.807) is 91.0 Å². The van der Waals surface area contributed by atoms with Crippen LogP contribution in [0.5, 0.6) is 0 Å². The summed E-state index contributed by atoms with van der Waals surface area (Å²) in [5.74, 6) is -1.73. The lowest BCUT2D eigenvalue weighted by atomic mass is 10.1. The minimum atomic E-state index is -1.04. The Morgan fingerprint density at radius 2 is 1.13 bits per heavy atom. The zero-order chi connectivity index (χ0) is 26.3. The molecule has 1 fully saturated rings. The van der Waals surface area contributed by atoms with Gasteiger partial charge in [0.15, 0.2) is 12.2 Å². The van der Waals surface area contributed by atoms with E-state index in [4.69, 9.17) is 18.9 Å². The summed E-state index contributed by atoms with van der Waals surface area (Å²) in [6, 6.07) is 29.3. The van der Waals surface area contributed by atoms with Crippen LogP contribution >= 0.6 is 11.3 Å². The van der Waals surface area contributed by atoms with Crippen molar-refractivity contribution >= 4 is 29.2 Å². The summed E-state index contributed by atoms with van der Waals surface area (Å²) in [4.78, 5) is 39.6. The summed E-state index contributed by atoms with van der Waals surface area (Å²) in [5.41, 5.74) is 1.06. The fourth-order valence-electron chi connectivity index (χ4n) is 4.16. The number of hydrogen-bond acceptors (Lipinski definition) is 8. The molecule has 1 saturated heterocycles. The van der Waals surface area contributed by atoms with Gasteiger partial charge in [0.25, 0.3) is 0 Å². The van der Waals surface area contributed by atoms with Gasteiger partial charge in [0.2, 0.25) is 0 Å². The van der Waals surface area contributed by atoms with E-state index in [1.807, 2.05) is 17.5 Å². The maximum Gasteiger partial charge on any atom is 0.338 e. The number of thiophene rings is 1. The van der Waals surface area contributed by atoms with Gasteiger partial charge in [-0.2, -0.15) is 0 Å². The molecular formula is C30H24O7S. The monoisotopic (exact) mass is 528 g/mol. The third-order valence-corrected chi connectivity index (χ3v) is 6.96. The number of rotatable bonds is 8. The van der Waals surface area contributed by atoms with Gasteiger partial charge in [0.05, 0.1) is 16.7 Å². The lowest BCUT2D eigenvalue weighted by molar-refractivity contribution is -0.0448. The Hall–Kier alpha value is -4.27. The van der Waals surface area contributed by atoms with E-state index >= 15 is 0 Å². The third-order valence-electron chi connectivity index (χ3n) is 6.03. The van der Waals surface area contributed by atoms with Crippen LogP contribution in [0, 0.1) is 0 Å². The predicted octanol–water partition coefficient (Wildman–Crippen LogP) is 5.50. The van der Waals surface area contributed by atoms with Gasteiger partial charge in [-0.3, -0.25) is 0 Å². The average Bonchev–Trinajstić information content (AvgIpc) is 3.62. The van der Waals surface area contributed by atoms with E-state index in [0.717, 1.165) is 4.88 Å². The van der Waals surface area contributed by atoms with Gasteiger partial charge in [-0.15, -0.1) is 11.3 Å². The number of carbonyl (C=O) groups excluding carboxylic acids is 3. The molecule has 0 N–H and O–H groups in total. The number of carbonyl (C=O) groups is 3. The lowest BCUT2D eigenvalue weighted by Crippen LogP contribution is -2.40. The Balaban J connectivity index is 1.43. The molecule has 4 aromatic rings. The standard InChI is InChI=1S/C30H24O7S/c31-28(20-11-4-1-5-12-20)34-19-23-25(36-29(32)21-13-6-2-7-14-21)27(26(35-23)24-17-10-18-38-24)37-30(33)22-15-8-3-9-16-22/h1-18,23,25-27H,19H2/t23-,25-,26-,27-/m1/s1. The molecule has 0 saturated carbocycles. The van der Waals surface area contributed by atoms with Gasteiger partial charge in [-0.25, -0.2) is 14.4 Å². The summed E-state index contributed by atoms with van der Waals surface area (Å²) < 4.78 is 23.6. The molecule has 1 aromatic heterocycles. The van der Waals surface area contributed by atoms with Gasteiger partial charge >= 0.3 is 17.9 Å². The van der Waals surface area contributed by atoms with Crippen LogP contribution in [-0.2, 0) is 18.9 Å². The highest BCUT2D eigenvalue weighted by atomic mass is 32.1. The highest BCUT2D eigenvalue weighted by Gasteiger charge is 2.51. The Kier molecular flexibility index (Phi) is 7.92. The number of ether oxygens (including phenoxy) is 4. The van der Waals surface area contributed by atoms with E-state index in [2.05, 4.69) is 0 Å². The van der Waals surface area contributed by atoms with Gasteiger partial charge < -0.3 is 18.9 Å². The minimum Gasteiger partial charge on any atom is -0.459 e. The first-order valence-corrected chi connectivity index (χ1v) is 12.9. The Labute approximate surface area is 223 Å². The molecule has 3 aromatic carbocycles.